The van der Waals surface area contributed by atoms with E-state index in [4.69, 9.17) is 0 Å². The van der Waals surface area contributed by atoms with Crippen LogP contribution in [-0.4, -0.2) is 78.3 Å². The van der Waals surface area contributed by atoms with Gasteiger partial charge in [0, 0.05) is 57.2 Å². The Balaban J connectivity index is 1.88. The van der Waals surface area contributed by atoms with Crippen LogP contribution in [0, 0.1) is 13.8 Å². The first-order valence-corrected chi connectivity index (χ1v) is 7.26. The van der Waals surface area contributed by atoms with Gasteiger partial charge in [0.25, 0.3) is 0 Å². The highest BCUT2D eigenvalue weighted by Crippen LogP contribution is 2.12. The topological polar surface area (TPSA) is 59.7 Å². The summed E-state index contributed by atoms with van der Waals surface area (Å²) < 4.78 is 0. The van der Waals surface area contributed by atoms with Gasteiger partial charge in [0.05, 0.1) is 6.54 Å². The Morgan fingerprint density at radius 1 is 1.19 bits per heavy atom. The number of hydrogen-bond donors (Lipinski definition) is 1. The van der Waals surface area contributed by atoms with Gasteiger partial charge in [-0.1, -0.05) is 0 Å². The summed E-state index contributed by atoms with van der Waals surface area (Å²) in [5.41, 5.74) is 2.72. The number of aromatic nitrogens is 1. The number of ketones is 1. The smallest absolute Gasteiger partial charge is 0.319 e. The van der Waals surface area contributed by atoms with E-state index in [-0.39, 0.29) is 11.8 Å². The van der Waals surface area contributed by atoms with E-state index in [0.29, 0.717) is 19.6 Å². The molecule has 0 spiro atoms. The van der Waals surface area contributed by atoms with Crippen LogP contribution in [0.15, 0.2) is 6.07 Å². The molecule has 116 valence electrons. The standard InChI is InChI=1S/C15H24N4O2/c1-11-9-13(12(2)16-11)14(20)10-18-5-7-19(8-6-18)15(21)17(3)4/h9,16H,5-8,10H2,1-4H3. The third kappa shape index (κ3) is 3.64. The summed E-state index contributed by atoms with van der Waals surface area (Å²) in [6.45, 7) is 7.14. The summed E-state index contributed by atoms with van der Waals surface area (Å²) in [4.78, 5) is 32.9. The van der Waals surface area contributed by atoms with Crippen molar-refractivity contribution in [2.24, 2.45) is 0 Å². The van der Waals surface area contributed by atoms with E-state index in [2.05, 4.69) is 9.88 Å². The summed E-state index contributed by atoms with van der Waals surface area (Å²) in [7, 11) is 3.52. The maximum absolute atomic E-state index is 12.3. The van der Waals surface area contributed by atoms with Crippen LogP contribution in [0.2, 0.25) is 0 Å². The van der Waals surface area contributed by atoms with E-state index in [1.165, 1.54) is 0 Å². The number of aromatic amines is 1. The molecule has 21 heavy (non-hydrogen) atoms. The zero-order valence-electron chi connectivity index (χ0n) is 13.3. The van der Waals surface area contributed by atoms with Crippen molar-refractivity contribution >= 4 is 11.8 Å². The van der Waals surface area contributed by atoms with E-state index < -0.39 is 0 Å². The molecule has 1 fully saturated rings. The van der Waals surface area contributed by atoms with Crippen LogP contribution < -0.4 is 0 Å². The van der Waals surface area contributed by atoms with Gasteiger partial charge in [-0.05, 0) is 19.9 Å². The normalized spacial score (nSPS) is 16.1. The summed E-state index contributed by atoms with van der Waals surface area (Å²) in [6.07, 6.45) is 0. The second-order valence-corrected chi connectivity index (χ2v) is 5.85. The van der Waals surface area contributed by atoms with E-state index in [9.17, 15) is 9.59 Å². The van der Waals surface area contributed by atoms with E-state index in [1.54, 1.807) is 19.0 Å². The lowest BCUT2D eigenvalue weighted by Crippen LogP contribution is -2.52. The lowest BCUT2D eigenvalue weighted by molar-refractivity contribution is 0.0863. The predicted molar refractivity (Wildman–Crippen MR) is 81.7 cm³/mol. The molecule has 1 saturated heterocycles. The van der Waals surface area contributed by atoms with Gasteiger partial charge in [-0.3, -0.25) is 9.69 Å². The summed E-state index contributed by atoms with van der Waals surface area (Å²) in [6, 6.07) is 1.95. The maximum Gasteiger partial charge on any atom is 0.319 e. The van der Waals surface area contributed by atoms with Crippen molar-refractivity contribution in [3.63, 3.8) is 0 Å². The first kappa shape index (κ1) is 15.6. The highest BCUT2D eigenvalue weighted by Gasteiger charge is 2.24. The molecular weight excluding hydrogens is 268 g/mol. The van der Waals surface area contributed by atoms with Gasteiger partial charge < -0.3 is 14.8 Å². The molecule has 2 rings (SSSR count). The third-order valence-electron chi connectivity index (χ3n) is 3.84. The van der Waals surface area contributed by atoms with Crippen molar-refractivity contribution in [2.45, 2.75) is 13.8 Å². The number of piperazine rings is 1. The van der Waals surface area contributed by atoms with Gasteiger partial charge in [0.2, 0.25) is 0 Å². The minimum absolute atomic E-state index is 0.0399. The molecular formula is C15H24N4O2. The zero-order chi connectivity index (χ0) is 15.6. The van der Waals surface area contributed by atoms with Crippen molar-refractivity contribution in [2.75, 3.05) is 46.8 Å². The molecule has 2 heterocycles. The Morgan fingerprint density at radius 3 is 2.29 bits per heavy atom. The Kier molecular flexibility index (Phi) is 4.67. The lowest BCUT2D eigenvalue weighted by Gasteiger charge is -2.35. The van der Waals surface area contributed by atoms with Crippen molar-refractivity contribution < 1.29 is 9.59 Å². The number of aryl methyl sites for hydroxylation is 2. The fraction of sp³-hybridized carbons (Fsp3) is 0.600. The maximum atomic E-state index is 12.3. The van der Waals surface area contributed by atoms with Crippen LogP contribution in [0.1, 0.15) is 21.7 Å². The fourth-order valence-corrected chi connectivity index (χ4v) is 2.68. The molecule has 6 nitrogen and oxygen atoms in total. The van der Waals surface area contributed by atoms with Crippen LogP contribution in [0.3, 0.4) is 0 Å². The quantitative estimate of drug-likeness (QED) is 0.849. The molecule has 1 N–H and O–H groups in total. The largest absolute Gasteiger partial charge is 0.362 e. The van der Waals surface area contributed by atoms with Gasteiger partial charge >= 0.3 is 6.03 Å². The molecule has 0 unspecified atom stereocenters. The Morgan fingerprint density at radius 2 is 1.81 bits per heavy atom. The van der Waals surface area contributed by atoms with Crippen LogP contribution in [0.5, 0.6) is 0 Å². The van der Waals surface area contributed by atoms with Crippen molar-refractivity contribution in [1.29, 1.82) is 0 Å². The predicted octanol–water partition coefficient (Wildman–Crippen LogP) is 1.11. The van der Waals surface area contributed by atoms with Crippen LogP contribution >= 0.6 is 0 Å². The van der Waals surface area contributed by atoms with E-state index >= 15 is 0 Å². The van der Waals surface area contributed by atoms with Gasteiger partial charge in [-0.2, -0.15) is 0 Å². The lowest BCUT2D eigenvalue weighted by atomic mass is 10.1. The molecule has 0 saturated carbocycles. The molecule has 1 aromatic heterocycles. The molecule has 0 bridgehead atoms. The fourth-order valence-electron chi connectivity index (χ4n) is 2.68. The minimum Gasteiger partial charge on any atom is -0.362 e. The number of amides is 2. The molecule has 1 aliphatic rings. The second-order valence-electron chi connectivity index (χ2n) is 5.85. The van der Waals surface area contributed by atoms with E-state index in [1.807, 2.05) is 24.8 Å². The number of carbonyl (C=O) groups excluding carboxylic acids is 2. The SMILES string of the molecule is Cc1cc(C(=O)CN2CCN(C(=O)N(C)C)CC2)c(C)[nH]1. The van der Waals surface area contributed by atoms with E-state index in [0.717, 1.165) is 30.0 Å². The highest BCUT2D eigenvalue weighted by molar-refractivity contribution is 5.98. The molecule has 2 amide bonds. The Hall–Kier alpha value is -1.82. The van der Waals surface area contributed by atoms with Crippen molar-refractivity contribution in [3.8, 4) is 0 Å². The van der Waals surface area contributed by atoms with Gasteiger partial charge in [0.1, 0.15) is 0 Å². The summed E-state index contributed by atoms with van der Waals surface area (Å²) in [5.74, 6) is 0.143. The molecule has 0 atom stereocenters. The van der Waals surface area contributed by atoms with Crippen LogP contribution in [0.25, 0.3) is 0 Å². The van der Waals surface area contributed by atoms with Gasteiger partial charge in [-0.25, -0.2) is 4.79 Å². The van der Waals surface area contributed by atoms with Gasteiger partial charge in [0.15, 0.2) is 5.78 Å². The summed E-state index contributed by atoms with van der Waals surface area (Å²) in [5, 5.41) is 0. The monoisotopic (exact) mass is 292 g/mol. The molecule has 0 radical (unpaired) electrons. The number of hydrogen-bond acceptors (Lipinski definition) is 3. The molecule has 0 aromatic carbocycles. The first-order valence-electron chi connectivity index (χ1n) is 7.26. The number of nitrogens with zero attached hydrogens (tertiary/aromatic N) is 3. The number of Topliss-reactive ketones (excluding diaryl/α,β-unsaturated/α-hetero) is 1. The van der Waals surface area contributed by atoms with Crippen molar-refractivity contribution in [3.05, 3.63) is 23.0 Å². The number of carbonyl (C=O) groups is 2. The summed E-state index contributed by atoms with van der Waals surface area (Å²) >= 11 is 0. The average molecular weight is 292 g/mol. The number of rotatable bonds is 3. The van der Waals surface area contributed by atoms with Crippen molar-refractivity contribution in [1.82, 2.24) is 19.7 Å². The molecule has 1 aliphatic heterocycles. The van der Waals surface area contributed by atoms with Crippen LogP contribution in [0.4, 0.5) is 4.79 Å². The highest BCUT2D eigenvalue weighted by atomic mass is 16.2. The average Bonchev–Trinajstić information content (AvgIpc) is 2.77. The number of nitrogens with one attached hydrogen (secondary N) is 1. The Labute approximate surface area is 125 Å². The van der Waals surface area contributed by atoms with Gasteiger partial charge in [-0.15, -0.1) is 0 Å². The second kappa shape index (κ2) is 6.30. The number of urea groups is 1. The van der Waals surface area contributed by atoms with Crippen LogP contribution in [-0.2, 0) is 0 Å². The molecule has 6 heteroatoms. The molecule has 1 aromatic rings. The molecule has 0 aliphatic carbocycles. The minimum atomic E-state index is 0.0399. The third-order valence-corrected chi connectivity index (χ3v) is 3.84. The number of H-pyrrole nitrogens is 1. The Bertz CT molecular complexity index is 528. The first-order chi connectivity index (χ1) is 9.88. The zero-order valence-corrected chi connectivity index (χ0v) is 13.3.